The van der Waals surface area contributed by atoms with Gasteiger partial charge in [0.15, 0.2) is 0 Å². The molecule has 0 aliphatic carbocycles. The van der Waals surface area contributed by atoms with E-state index in [-0.39, 0.29) is 12.0 Å². The molecule has 0 aromatic rings. The summed E-state index contributed by atoms with van der Waals surface area (Å²) in [5.41, 5.74) is -0.537. The zero-order valence-electron chi connectivity index (χ0n) is 10.7. The molecule has 0 saturated carbocycles. The lowest BCUT2D eigenvalue weighted by Crippen LogP contribution is -2.40. The third-order valence-corrected chi connectivity index (χ3v) is 1.61. The van der Waals surface area contributed by atoms with E-state index < -0.39 is 17.6 Å². The highest BCUT2D eigenvalue weighted by Crippen LogP contribution is 2.10. The van der Waals surface area contributed by atoms with E-state index in [0.717, 1.165) is 0 Å². The quantitative estimate of drug-likeness (QED) is 0.591. The van der Waals surface area contributed by atoms with E-state index in [9.17, 15) is 14.4 Å². The van der Waals surface area contributed by atoms with Crippen LogP contribution >= 0.6 is 0 Å². The molecule has 0 spiro atoms. The van der Waals surface area contributed by atoms with Crippen molar-refractivity contribution >= 4 is 18.4 Å². The van der Waals surface area contributed by atoms with Crippen LogP contribution in [-0.2, 0) is 14.3 Å². The molecule has 17 heavy (non-hydrogen) atoms. The lowest BCUT2D eigenvalue weighted by molar-refractivity contribution is -0.133. The Kier molecular flexibility index (Phi) is 5.37. The molecule has 3 amide bonds. The molecule has 0 radical (unpaired) electrons. The standard InChI is InChI=1S/C11H18N2O4/c1-8(6-12-5)9(15)13(7-14)10(16)17-11(2,3)4/h6-7,12H,1-5H3/b8-6-. The number of nitrogens with zero attached hydrogens (tertiary/aromatic N) is 1. The molecule has 1 N–H and O–H groups in total. The molecule has 0 heterocycles. The van der Waals surface area contributed by atoms with Crippen molar-refractivity contribution < 1.29 is 19.1 Å². The number of amides is 3. The molecule has 0 unspecified atom stereocenters. The average Bonchev–Trinajstić information content (AvgIpc) is 2.16. The van der Waals surface area contributed by atoms with Crippen molar-refractivity contribution in [1.82, 2.24) is 10.2 Å². The van der Waals surface area contributed by atoms with Crippen molar-refractivity contribution in [3.63, 3.8) is 0 Å². The molecule has 96 valence electrons. The van der Waals surface area contributed by atoms with Crippen LogP contribution < -0.4 is 5.32 Å². The maximum Gasteiger partial charge on any atom is 0.424 e. The zero-order chi connectivity index (χ0) is 13.6. The number of ether oxygens (including phenoxy) is 1. The lowest BCUT2D eigenvalue weighted by Gasteiger charge is -2.22. The minimum absolute atomic E-state index is 0.142. The first-order valence-electron chi connectivity index (χ1n) is 5.08. The second-order valence-corrected chi connectivity index (χ2v) is 4.38. The maximum atomic E-state index is 11.7. The van der Waals surface area contributed by atoms with Gasteiger partial charge in [0.25, 0.3) is 5.91 Å². The Hall–Kier alpha value is -1.85. The molecular formula is C11H18N2O4. The number of hydrogen-bond acceptors (Lipinski definition) is 5. The molecule has 0 fully saturated rings. The van der Waals surface area contributed by atoms with Crippen LogP contribution in [0.15, 0.2) is 11.8 Å². The van der Waals surface area contributed by atoms with Gasteiger partial charge < -0.3 is 10.1 Å². The smallest absolute Gasteiger partial charge is 0.424 e. The van der Waals surface area contributed by atoms with Crippen LogP contribution in [0.4, 0.5) is 4.79 Å². The molecule has 0 atom stereocenters. The maximum absolute atomic E-state index is 11.7. The summed E-state index contributed by atoms with van der Waals surface area (Å²) in [6, 6.07) is 0. The fraction of sp³-hybridized carbons (Fsp3) is 0.545. The SMILES string of the molecule is CN/C=C(/C)C(=O)N(C=O)C(=O)OC(C)(C)C. The van der Waals surface area contributed by atoms with Crippen LogP contribution in [0.25, 0.3) is 0 Å². The lowest BCUT2D eigenvalue weighted by atomic mass is 10.2. The highest BCUT2D eigenvalue weighted by Gasteiger charge is 2.27. The van der Waals surface area contributed by atoms with Crippen LogP contribution in [0.1, 0.15) is 27.7 Å². The Bertz CT molecular complexity index is 342. The van der Waals surface area contributed by atoms with Crippen LogP contribution in [0.3, 0.4) is 0 Å². The van der Waals surface area contributed by atoms with Gasteiger partial charge in [0, 0.05) is 18.8 Å². The van der Waals surface area contributed by atoms with E-state index in [1.54, 1.807) is 27.8 Å². The predicted molar refractivity (Wildman–Crippen MR) is 62.0 cm³/mol. The van der Waals surface area contributed by atoms with Crippen LogP contribution in [0.2, 0.25) is 0 Å². The monoisotopic (exact) mass is 242 g/mol. The van der Waals surface area contributed by atoms with Crippen molar-refractivity contribution in [3.8, 4) is 0 Å². The van der Waals surface area contributed by atoms with Crippen LogP contribution in [0, 0.1) is 0 Å². The van der Waals surface area contributed by atoms with Gasteiger partial charge in [0.2, 0.25) is 6.41 Å². The molecule has 0 aromatic heterocycles. The summed E-state index contributed by atoms with van der Waals surface area (Å²) in [7, 11) is 1.61. The fourth-order valence-electron chi connectivity index (χ4n) is 0.953. The summed E-state index contributed by atoms with van der Waals surface area (Å²) < 4.78 is 4.93. The van der Waals surface area contributed by atoms with E-state index in [1.165, 1.54) is 13.1 Å². The first kappa shape index (κ1) is 15.2. The minimum Gasteiger partial charge on any atom is -0.443 e. The van der Waals surface area contributed by atoms with Crippen molar-refractivity contribution in [3.05, 3.63) is 11.8 Å². The molecule has 0 aromatic carbocycles. The molecule has 0 bridgehead atoms. The Morgan fingerprint density at radius 1 is 1.29 bits per heavy atom. The number of nitrogens with one attached hydrogen (secondary N) is 1. The topological polar surface area (TPSA) is 75.7 Å². The predicted octanol–water partition coefficient (Wildman–Crippen LogP) is 1.03. The first-order valence-corrected chi connectivity index (χ1v) is 5.08. The van der Waals surface area contributed by atoms with E-state index >= 15 is 0 Å². The molecule has 6 nitrogen and oxygen atoms in total. The van der Waals surface area contributed by atoms with Crippen LogP contribution in [-0.4, -0.2) is 36.0 Å². The van der Waals surface area contributed by atoms with Crippen molar-refractivity contribution in [1.29, 1.82) is 0 Å². The Balaban J connectivity index is 4.85. The summed E-state index contributed by atoms with van der Waals surface area (Å²) >= 11 is 0. The van der Waals surface area contributed by atoms with E-state index in [2.05, 4.69) is 5.32 Å². The normalized spacial score (nSPS) is 11.7. The average molecular weight is 242 g/mol. The number of rotatable bonds is 3. The fourth-order valence-corrected chi connectivity index (χ4v) is 0.953. The second-order valence-electron chi connectivity index (χ2n) is 4.38. The van der Waals surface area contributed by atoms with Gasteiger partial charge in [0.05, 0.1) is 0 Å². The minimum atomic E-state index is -0.985. The van der Waals surface area contributed by atoms with Gasteiger partial charge >= 0.3 is 6.09 Å². The van der Waals surface area contributed by atoms with Gasteiger partial charge in [-0.15, -0.1) is 0 Å². The summed E-state index contributed by atoms with van der Waals surface area (Å²) in [6.45, 7) is 6.43. The van der Waals surface area contributed by atoms with Gasteiger partial charge in [-0.2, -0.15) is 4.90 Å². The number of imide groups is 3. The molecule has 0 aliphatic rings. The highest BCUT2D eigenvalue weighted by molar-refractivity contribution is 6.09. The Morgan fingerprint density at radius 3 is 2.18 bits per heavy atom. The van der Waals surface area contributed by atoms with Crippen LogP contribution in [0.5, 0.6) is 0 Å². The summed E-state index contributed by atoms with van der Waals surface area (Å²) in [4.78, 5) is 34.4. The van der Waals surface area contributed by atoms with Gasteiger partial charge in [-0.3, -0.25) is 9.59 Å². The number of carbonyl (C=O) groups excluding carboxylic acids is 3. The Labute approximate surface area is 101 Å². The van der Waals surface area contributed by atoms with E-state index in [0.29, 0.717) is 4.90 Å². The Morgan fingerprint density at radius 2 is 1.82 bits per heavy atom. The van der Waals surface area contributed by atoms with Gasteiger partial charge in [-0.05, 0) is 27.7 Å². The van der Waals surface area contributed by atoms with E-state index in [4.69, 9.17) is 4.74 Å². The van der Waals surface area contributed by atoms with Gasteiger partial charge in [0.1, 0.15) is 5.60 Å². The van der Waals surface area contributed by atoms with E-state index in [1.807, 2.05) is 0 Å². The summed E-state index contributed by atoms with van der Waals surface area (Å²) in [5, 5.41) is 2.64. The van der Waals surface area contributed by atoms with Crippen molar-refractivity contribution in [2.45, 2.75) is 33.3 Å². The zero-order valence-corrected chi connectivity index (χ0v) is 10.7. The molecular weight excluding hydrogens is 224 g/mol. The van der Waals surface area contributed by atoms with Gasteiger partial charge in [-0.1, -0.05) is 0 Å². The third-order valence-electron chi connectivity index (χ3n) is 1.61. The summed E-state index contributed by atoms with van der Waals surface area (Å²) in [6.07, 6.45) is 0.549. The number of carbonyl (C=O) groups is 3. The molecule has 0 saturated heterocycles. The first-order chi connectivity index (χ1) is 7.72. The molecule has 0 rings (SSSR count). The second kappa shape index (κ2) is 6.03. The molecule has 0 aliphatic heterocycles. The highest BCUT2D eigenvalue weighted by atomic mass is 16.6. The summed E-state index contributed by atoms with van der Waals surface area (Å²) in [5.74, 6) is -0.719. The van der Waals surface area contributed by atoms with Gasteiger partial charge in [-0.25, -0.2) is 4.79 Å². The number of hydrogen-bond donors (Lipinski definition) is 1. The van der Waals surface area contributed by atoms with Crippen molar-refractivity contribution in [2.75, 3.05) is 7.05 Å². The third kappa shape index (κ3) is 5.14. The molecule has 6 heteroatoms. The largest absolute Gasteiger partial charge is 0.443 e. The van der Waals surface area contributed by atoms with Crippen molar-refractivity contribution in [2.24, 2.45) is 0 Å².